The van der Waals surface area contributed by atoms with E-state index in [0.717, 1.165) is 0 Å². The van der Waals surface area contributed by atoms with Gasteiger partial charge in [0.25, 0.3) is 0 Å². The van der Waals surface area contributed by atoms with Crippen LogP contribution in [0, 0.1) is 0 Å². The third kappa shape index (κ3) is 5.48. The van der Waals surface area contributed by atoms with Gasteiger partial charge in [0.1, 0.15) is 30.3 Å². The Kier molecular flexibility index (Phi) is 7.98. The molecule has 39 heavy (non-hydrogen) atoms. The Balaban J connectivity index is 1.54. The van der Waals surface area contributed by atoms with E-state index in [1.165, 1.54) is 0 Å². The fraction of sp³-hybridized carbons (Fsp3) is 0.423. The van der Waals surface area contributed by atoms with Crippen LogP contribution in [-0.2, 0) is 29.3 Å². The number of nitrogens with one attached hydrogen (secondary N) is 1. The number of hydrogen-bond acceptors (Lipinski definition) is 8. The maximum atomic E-state index is 13.5. The van der Waals surface area contributed by atoms with Gasteiger partial charge in [-0.3, -0.25) is 9.59 Å². The molecule has 5 atom stereocenters. The lowest BCUT2D eigenvalue weighted by Gasteiger charge is -2.38. The Labute approximate surface area is 220 Å². The summed E-state index contributed by atoms with van der Waals surface area (Å²) in [4.78, 5) is 37.3. The van der Waals surface area contributed by atoms with Crippen molar-refractivity contribution in [1.82, 2.24) is 5.32 Å². The van der Waals surface area contributed by atoms with Crippen LogP contribution in [0.15, 0.2) is 48.5 Å². The molecule has 0 unspecified atom stereocenters. The third-order valence-electron chi connectivity index (χ3n) is 6.89. The van der Waals surface area contributed by atoms with E-state index in [9.17, 15) is 42.9 Å². The number of hydrogen-bond donors (Lipinski definition) is 5. The van der Waals surface area contributed by atoms with E-state index in [0.29, 0.717) is 22.3 Å². The molecule has 0 bridgehead atoms. The van der Waals surface area contributed by atoms with Gasteiger partial charge in [-0.2, -0.15) is 13.2 Å². The van der Waals surface area contributed by atoms with Crippen LogP contribution in [0.5, 0.6) is 0 Å². The number of carbonyl (C=O) groups excluding carboxylic acids is 2. The van der Waals surface area contributed by atoms with Crippen LogP contribution in [0.25, 0.3) is 11.1 Å². The van der Waals surface area contributed by atoms with Crippen LogP contribution in [0.2, 0.25) is 0 Å². The van der Waals surface area contributed by atoms with E-state index in [2.05, 4.69) is 0 Å². The van der Waals surface area contributed by atoms with E-state index < -0.39 is 66.7 Å². The molecule has 0 aromatic heterocycles. The van der Waals surface area contributed by atoms with Gasteiger partial charge < -0.3 is 35.2 Å². The van der Waals surface area contributed by atoms with Crippen LogP contribution >= 0.6 is 0 Å². The molecule has 1 amide bonds. The van der Waals surface area contributed by atoms with E-state index in [4.69, 9.17) is 14.6 Å². The molecule has 0 saturated carbocycles. The Morgan fingerprint density at radius 3 is 2.03 bits per heavy atom. The van der Waals surface area contributed by atoms with E-state index in [1.807, 2.05) is 5.32 Å². The molecule has 1 heterocycles. The Bertz CT molecular complexity index is 1210. The van der Waals surface area contributed by atoms with Gasteiger partial charge >= 0.3 is 18.1 Å². The van der Waals surface area contributed by atoms with Crippen molar-refractivity contribution in [3.05, 3.63) is 59.7 Å². The molecule has 1 saturated heterocycles. The second-order valence-electron chi connectivity index (χ2n) is 9.37. The average molecular weight is 553 g/mol. The summed E-state index contributed by atoms with van der Waals surface area (Å²) in [5.74, 6) is -3.53. The molecular formula is C26H26F3NO9. The number of halogens is 3. The van der Waals surface area contributed by atoms with Crippen LogP contribution in [-0.4, -0.2) is 81.7 Å². The molecule has 0 spiro atoms. The first-order valence-electron chi connectivity index (χ1n) is 12.0. The number of amides is 1. The molecule has 4 rings (SSSR count). The molecule has 2 aromatic carbocycles. The van der Waals surface area contributed by atoms with Crippen LogP contribution < -0.4 is 5.32 Å². The summed E-state index contributed by atoms with van der Waals surface area (Å²) < 4.78 is 48.9. The third-order valence-corrected chi connectivity index (χ3v) is 6.89. The van der Waals surface area contributed by atoms with Crippen LogP contribution in [0.1, 0.15) is 30.4 Å². The van der Waals surface area contributed by atoms with Gasteiger partial charge in [-0.15, -0.1) is 0 Å². The maximum absolute atomic E-state index is 13.5. The number of alkyl halides is 3. The lowest BCUT2D eigenvalue weighted by molar-refractivity contribution is -0.286. The zero-order valence-electron chi connectivity index (χ0n) is 20.3. The first-order valence-corrected chi connectivity index (χ1v) is 12.0. The number of esters is 1. The number of carboxylic acids is 1. The summed E-state index contributed by atoms with van der Waals surface area (Å²) in [5, 5.41) is 40.8. The van der Waals surface area contributed by atoms with Gasteiger partial charge in [0, 0.05) is 6.42 Å². The Morgan fingerprint density at radius 1 is 0.923 bits per heavy atom. The molecule has 210 valence electrons. The minimum absolute atomic E-state index is 0.0582. The summed E-state index contributed by atoms with van der Waals surface area (Å²) in [6.45, 7) is -1.55. The minimum atomic E-state index is -4.65. The molecule has 1 aliphatic carbocycles. The molecular weight excluding hydrogens is 527 g/mol. The fourth-order valence-electron chi connectivity index (χ4n) is 5.12. The van der Waals surface area contributed by atoms with Gasteiger partial charge in [0.2, 0.25) is 12.2 Å². The number of fused-ring (bicyclic) bond motifs is 3. The van der Waals surface area contributed by atoms with Gasteiger partial charge in [0.05, 0.1) is 0 Å². The second-order valence-corrected chi connectivity index (χ2v) is 9.37. The highest BCUT2D eigenvalue weighted by molar-refractivity contribution is 6.00. The van der Waals surface area contributed by atoms with Crippen molar-refractivity contribution in [2.24, 2.45) is 0 Å². The van der Waals surface area contributed by atoms with Crippen molar-refractivity contribution in [3.8, 4) is 11.1 Å². The number of rotatable bonds is 8. The highest BCUT2D eigenvalue weighted by Crippen LogP contribution is 2.51. The average Bonchev–Trinajstić information content (AvgIpc) is 3.18. The van der Waals surface area contributed by atoms with Crippen molar-refractivity contribution in [3.63, 3.8) is 0 Å². The molecule has 0 radical (unpaired) electrons. The SMILES string of the molecule is O=C(CCCC1(C(=O)NCC(F)(F)F)c2ccccc2-c2ccccc21)O[C@@H]1O[C@H](C(=O)O)[C@@H](O)[C@H](O)[C@H]1O. The molecule has 5 N–H and O–H groups in total. The number of aliphatic hydroxyl groups excluding tert-OH is 3. The normalized spacial score (nSPS) is 25.3. The van der Waals surface area contributed by atoms with Gasteiger partial charge in [-0.25, -0.2) is 4.79 Å². The highest BCUT2D eigenvalue weighted by atomic mass is 19.4. The van der Waals surface area contributed by atoms with E-state index >= 15 is 0 Å². The topological polar surface area (TPSA) is 163 Å². The van der Waals surface area contributed by atoms with Gasteiger partial charge in [-0.1, -0.05) is 48.5 Å². The van der Waals surface area contributed by atoms with Crippen LogP contribution in [0.4, 0.5) is 13.2 Å². The predicted molar refractivity (Wildman–Crippen MR) is 126 cm³/mol. The largest absolute Gasteiger partial charge is 0.479 e. The lowest BCUT2D eigenvalue weighted by atomic mass is 9.73. The standard InChI is InChI=1S/C26H26F3NO9/c27-26(28,29)12-30-24(37)25(15-8-3-1-6-13(15)14-7-2-4-9-16(14)25)11-5-10-17(31)38-23-20(34)18(32)19(33)21(39-23)22(35)36/h1-4,6-9,18-21,23,32-34H,5,10-12H2,(H,30,37)(H,35,36)/t18-,19-,20+,21-,23+/m0/s1. The molecule has 1 aliphatic heterocycles. The molecule has 10 nitrogen and oxygen atoms in total. The van der Waals surface area contributed by atoms with Gasteiger partial charge in [0.15, 0.2) is 6.10 Å². The number of aliphatic hydroxyl groups is 3. The molecule has 2 aliphatic rings. The number of benzene rings is 2. The smallest absolute Gasteiger partial charge is 0.405 e. The van der Waals surface area contributed by atoms with Crippen molar-refractivity contribution in [2.75, 3.05) is 6.54 Å². The fourth-order valence-corrected chi connectivity index (χ4v) is 5.12. The molecule has 1 fully saturated rings. The van der Waals surface area contributed by atoms with Crippen molar-refractivity contribution in [2.45, 2.75) is 61.6 Å². The number of aliphatic carboxylic acids is 1. The van der Waals surface area contributed by atoms with Gasteiger partial charge in [-0.05, 0) is 35.1 Å². The summed E-state index contributed by atoms with van der Waals surface area (Å²) in [6.07, 6.45) is -14.9. The molecule has 13 heteroatoms. The first kappa shape index (κ1) is 28.5. The second kappa shape index (κ2) is 10.9. The summed E-state index contributed by atoms with van der Waals surface area (Å²) >= 11 is 0. The first-order chi connectivity index (χ1) is 18.4. The minimum Gasteiger partial charge on any atom is -0.479 e. The van der Waals surface area contributed by atoms with Crippen molar-refractivity contribution in [1.29, 1.82) is 0 Å². The number of ether oxygens (including phenoxy) is 2. The maximum Gasteiger partial charge on any atom is 0.405 e. The Hall–Kier alpha value is -3.52. The zero-order chi connectivity index (χ0) is 28.5. The van der Waals surface area contributed by atoms with Crippen LogP contribution in [0.3, 0.4) is 0 Å². The number of carboxylic acid groups (broad SMARTS) is 1. The van der Waals surface area contributed by atoms with Crippen molar-refractivity contribution < 1.29 is 57.5 Å². The summed E-state index contributed by atoms with van der Waals surface area (Å²) in [7, 11) is 0. The van der Waals surface area contributed by atoms with E-state index in [1.54, 1.807) is 48.5 Å². The zero-order valence-corrected chi connectivity index (χ0v) is 20.3. The highest BCUT2D eigenvalue weighted by Gasteiger charge is 2.50. The summed E-state index contributed by atoms with van der Waals surface area (Å²) in [6, 6.07) is 13.6. The number of carbonyl (C=O) groups is 3. The predicted octanol–water partition coefficient (Wildman–Crippen LogP) is 1.24. The quantitative estimate of drug-likeness (QED) is 0.303. The lowest BCUT2D eigenvalue weighted by Crippen LogP contribution is -2.60. The van der Waals surface area contributed by atoms with Crippen molar-refractivity contribution >= 4 is 17.8 Å². The summed E-state index contributed by atoms with van der Waals surface area (Å²) in [5.41, 5.74) is 0.750. The Morgan fingerprint density at radius 2 is 1.49 bits per heavy atom. The molecule has 2 aromatic rings. The van der Waals surface area contributed by atoms with E-state index in [-0.39, 0.29) is 19.3 Å². The monoisotopic (exact) mass is 553 g/mol.